The van der Waals surface area contributed by atoms with E-state index in [1.807, 2.05) is 24.3 Å². The Morgan fingerprint density at radius 1 is 0.714 bits per heavy atom. The van der Waals surface area contributed by atoms with E-state index >= 15 is 0 Å². The number of benzene rings is 4. The van der Waals surface area contributed by atoms with Gasteiger partial charge in [-0.3, -0.25) is 4.79 Å². The molecule has 0 aromatic heterocycles. The van der Waals surface area contributed by atoms with E-state index in [0.717, 1.165) is 16.7 Å². The smallest absolute Gasteiger partial charge is 0.308 e. The van der Waals surface area contributed by atoms with Crippen molar-refractivity contribution in [1.82, 2.24) is 0 Å². The van der Waals surface area contributed by atoms with Crippen LogP contribution in [-0.2, 0) is 15.8 Å². The van der Waals surface area contributed by atoms with Crippen molar-refractivity contribution < 1.29 is 14.0 Å². The molecule has 4 rings (SSSR count). The highest BCUT2D eigenvalue weighted by Gasteiger charge is 2.50. The number of ether oxygens (including phenoxy) is 1. The zero-order valence-electron chi connectivity index (χ0n) is 20.8. The molecule has 0 N–H and O–H groups in total. The molecule has 4 aromatic rings. The third kappa shape index (κ3) is 5.29. The average molecular weight is 481 g/mol. The highest BCUT2D eigenvalue weighted by atomic mass is 28.4. The number of carbonyl (C=O) groups is 1. The van der Waals surface area contributed by atoms with Crippen molar-refractivity contribution in [1.29, 1.82) is 0 Å². The Kier molecular flexibility index (Phi) is 7.34. The van der Waals surface area contributed by atoms with Crippen LogP contribution in [0.25, 0.3) is 11.1 Å². The van der Waals surface area contributed by atoms with Gasteiger partial charge in [0.05, 0.1) is 6.61 Å². The Bertz CT molecular complexity index is 1220. The van der Waals surface area contributed by atoms with Crippen LogP contribution >= 0.6 is 0 Å². The summed E-state index contributed by atoms with van der Waals surface area (Å²) in [6.07, 6.45) is 0. The molecule has 0 amide bonds. The Balaban J connectivity index is 1.66. The van der Waals surface area contributed by atoms with Crippen molar-refractivity contribution in [2.75, 3.05) is 0 Å². The van der Waals surface area contributed by atoms with Crippen molar-refractivity contribution >= 4 is 24.7 Å². The molecule has 4 heteroatoms. The van der Waals surface area contributed by atoms with Gasteiger partial charge in [0.1, 0.15) is 5.75 Å². The molecular formula is C31H32O3Si. The second kappa shape index (κ2) is 10.4. The van der Waals surface area contributed by atoms with Crippen molar-refractivity contribution in [3.05, 3.63) is 115 Å². The van der Waals surface area contributed by atoms with Gasteiger partial charge in [0.15, 0.2) is 0 Å². The van der Waals surface area contributed by atoms with E-state index in [1.54, 1.807) is 0 Å². The van der Waals surface area contributed by atoms with Crippen LogP contribution in [0.5, 0.6) is 5.75 Å². The molecule has 3 nitrogen and oxygen atoms in total. The molecule has 0 fully saturated rings. The van der Waals surface area contributed by atoms with Gasteiger partial charge in [-0.25, -0.2) is 0 Å². The van der Waals surface area contributed by atoms with Gasteiger partial charge in [-0.2, -0.15) is 0 Å². The fraction of sp³-hybridized carbons (Fsp3) is 0.194. The first kappa shape index (κ1) is 24.6. The lowest BCUT2D eigenvalue weighted by Gasteiger charge is -2.43. The summed E-state index contributed by atoms with van der Waals surface area (Å²) in [6, 6.07) is 37.3. The predicted octanol–water partition coefficient (Wildman–Crippen LogP) is 6.36. The Hall–Kier alpha value is -3.47. The summed E-state index contributed by atoms with van der Waals surface area (Å²) in [5.41, 5.74) is 2.99. The van der Waals surface area contributed by atoms with Crippen molar-refractivity contribution in [2.45, 2.75) is 39.3 Å². The predicted molar refractivity (Wildman–Crippen MR) is 146 cm³/mol. The van der Waals surface area contributed by atoms with Crippen LogP contribution in [0.2, 0.25) is 5.04 Å². The van der Waals surface area contributed by atoms with Gasteiger partial charge in [-0.1, -0.05) is 124 Å². The normalized spacial score (nSPS) is 11.8. The zero-order valence-corrected chi connectivity index (χ0v) is 21.8. The molecule has 4 aromatic carbocycles. The van der Waals surface area contributed by atoms with Crippen LogP contribution in [0.3, 0.4) is 0 Å². The second-order valence-corrected chi connectivity index (χ2v) is 14.0. The number of rotatable bonds is 7. The maximum Gasteiger partial charge on any atom is 0.308 e. The summed E-state index contributed by atoms with van der Waals surface area (Å²) >= 11 is 0. The van der Waals surface area contributed by atoms with E-state index in [1.165, 1.54) is 17.3 Å². The lowest BCUT2D eigenvalue weighted by molar-refractivity contribution is -0.131. The SMILES string of the molecule is CC(=O)Oc1ccccc1-c1ccc(CO[Si](c2ccccc2)(c2ccccc2)C(C)(C)C)cc1. The first-order valence-electron chi connectivity index (χ1n) is 11.9. The lowest BCUT2D eigenvalue weighted by Crippen LogP contribution is -2.66. The van der Waals surface area contributed by atoms with Crippen LogP contribution in [0, 0.1) is 0 Å². The molecule has 0 heterocycles. The van der Waals surface area contributed by atoms with Gasteiger partial charge in [0.2, 0.25) is 0 Å². The molecule has 0 aliphatic heterocycles. The van der Waals surface area contributed by atoms with Gasteiger partial charge in [0, 0.05) is 12.5 Å². The average Bonchev–Trinajstić information content (AvgIpc) is 2.85. The maximum absolute atomic E-state index is 11.5. The Morgan fingerprint density at radius 3 is 1.74 bits per heavy atom. The van der Waals surface area contributed by atoms with Gasteiger partial charge < -0.3 is 9.16 Å². The largest absolute Gasteiger partial charge is 0.426 e. The first-order chi connectivity index (χ1) is 16.8. The summed E-state index contributed by atoms with van der Waals surface area (Å²) in [7, 11) is -2.59. The van der Waals surface area contributed by atoms with E-state index in [0.29, 0.717) is 12.4 Å². The fourth-order valence-corrected chi connectivity index (χ4v) is 9.22. The van der Waals surface area contributed by atoms with Crippen LogP contribution in [0.1, 0.15) is 33.3 Å². The third-order valence-corrected chi connectivity index (χ3v) is 11.3. The molecule has 0 atom stereocenters. The first-order valence-corrected chi connectivity index (χ1v) is 13.8. The third-order valence-electron chi connectivity index (χ3n) is 6.28. The van der Waals surface area contributed by atoms with Crippen LogP contribution < -0.4 is 15.1 Å². The molecule has 178 valence electrons. The highest BCUT2D eigenvalue weighted by molar-refractivity contribution is 6.99. The van der Waals surface area contributed by atoms with E-state index in [9.17, 15) is 4.79 Å². The molecule has 0 unspecified atom stereocenters. The number of hydrogen-bond acceptors (Lipinski definition) is 3. The summed E-state index contributed by atoms with van der Waals surface area (Å²) < 4.78 is 12.4. The van der Waals surface area contributed by atoms with Crippen molar-refractivity contribution in [2.24, 2.45) is 0 Å². The Morgan fingerprint density at radius 2 is 1.23 bits per heavy atom. The Labute approximate surface area is 209 Å². The molecule has 0 aliphatic rings. The molecule has 35 heavy (non-hydrogen) atoms. The minimum atomic E-state index is -2.59. The second-order valence-electron chi connectivity index (χ2n) is 9.74. The van der Waals surface area contributed by atoms with Crippen molar-refractivity contribution in [3.63, 3.8) is 0 Å². The fourth-order valence-electron chi connectivity index (χ4n) is 4.68. The van der Waals surface area contributed by atoms with E-state index in [4.69, 9.17) is 9.16 Å². The molecule has 0 saturated heterocycles. The molecule has 0 saturated carbocycles. The van der Waals surface area contributed by atoms with Crippen LogP contribution in [0.4, 0.5) is 0 Å². The van der Waals surface area contributed by atoms with Gasteiger partial charge in [-0.05, 0) is 32.6 Å². The van der Waals surface area contributed by atoms with E-state index < -0.39 is 8.32 Å². The van der Waals surface area contributed by atoms with E-state index in [2.05, 4.69) is 106 Å². The zero-order chi connectivity index (χ0) is 24.9. The van der Waals surface area contributed by atoms with Gasteiger partial charge in [-0.15, -0.1) is 0 Å². The molecule has 0 bridgehead atoms. The lowest BCUT2D eigenvalue weighted by atomic mass is 10.0. The van der Waals surface area contributed by atoms with Crippen LogP contribution in [-0.4, -0.2) is 14.3 Å². The highest BCUT2D eigenvalue weighted by Crippen LogP contribution is 2.37. The minimum Gasteiger partial charge on any atom is -0.426 e. The van der Waals surface area contributed by atoms with Gasteiger partial charge >= 0.3 is 5.97 Å². The quantitative estimate of drug-likeness (QED) is 0.175. The van der Waals surface area contributed by atoms with Crippen LogP contribution in [0.15, 0.2) is 109 Å². The number of carbonyl (C=O) groups excluding carboxylic acids is 1. The van der Waals surface area contributed by atoms with E-state index in [-0.39, 0.29) is 11.0 Å². The maximum atomic E-state index is 11.5. The summed E-state index contributed by atoms with van der Waals surface area (Å²) in [6.45, 7) is 8.79. The number of para-hydroxylation sites is 1. The monoisotopic (exact) mass is 480 g/mol. The molecule has 0 radical (unpaired) electrons. The number of esters is 1. The van der Waals surface area contributed by atoms with Crippen molar-refractivity contribution in [3.8, 4) is 16.9 Å². The molecular weight excluding hydrogens is 448 g/mol. The topological polar surface area (TPSA) is 35.5 Å². The molecule has 0 spiro atoms. The summed E-state index contributed by atoms with van der Waals surface area (Å²) in [5.74, 6) is 0.240. The van der Waals surface area contributed by atoms with Gasteiger partial charge in [0.25, 0.3) is 8.32 Å². The number of hydrogen-bond donors (Lipinski definition) is 0. The summed E-state index contributed by atoms with van der Waals surface area (Å²) in [4.78, 5) is 11.5. The standard InChI is InChI=1S/C31H32O3Si/c1-24(32)34-30-18-12-11-17-29(30)26-21-19-25(20-22-26)23-33-35(31(2,3)4,27-13-7-5-8-14-27)28-15-9-6-10-16-28/h5-22H,23H2,1-4H3. The minimum absolute atomic E-state index is 0.0708. The summed E-state index contributed by atoms with van der Waals surface area (Å²) in [5, 5.41) is 2.47. The molecule has 0 aliphatic carbocycles.